The highest BCUT2D eigenvalue weighted by Gasteiger charge is 2.39. The van der Waals surface area contributed by atoms with Crippen LogP contribution in [0.5, 0.6) is 0 Å². The van der Waals surface area contributed by atoms with Crippen molar-refractivity contribution < 1.29 is 14.3 Å². The van der Waals surface area contributed by atoms with Gasteiger partial charge in [-0.2, -0.15) is 0 Å². The van der Waals surface area contributed by atoms with E-state index in [1.165, 1.54) is 0 Å². The van der Waals surface area contributed by atoms with Crippen LogP contribution in [0.25, 0.3) is 0 Å². The van der Waals surface area contributed by atoms with Crippen molar-refractivity contribution in [3.63, 3.8) is 0 Å². The summed E-state index contributed by atoms with van der Waals surface area (Å²) in [4.78, 5) is 20.9. The first-order chi connectivity index (χ1) is 4.19. The number of carbonyl (C=O) groups is 2. The molecule has 0 saturated carbocycles. The molecule has 3 heteroatoms. The number of hydrogen-bond acceptors (Lipinski definition) is 3. The van der Waals surface area contributed by atoms with Crippen molar-refractivity contribution in [2.75, 3.05) is 6.61 Å². The van der Waals surface area contributed by atoms with E-state index in [1.807, 2.05) is 0 Å². The number of rotatable bonds is 1. The van der Waals surface area contributed by atoms with Gasteiger partial charge in [0.2, 0.25) is 0 Å². The van der Waals surface area contributed by atoms with Crippen molar-refractivity contribution in [3.05, 3.63) is 0 Å². The fraction of sp³-hybridized carbons (Fsp3) is 0.667. The maximum atomic E-state index is 10.7. The van der Waals surface area contributed by atoms with E-state index in [0.717, 1.165) is 0 Å². The van der Waals surface area contributed by atoms with Crippen molar-refractivity contribution >= 4 is 12.3 Å². The summed E-state index contributed by atoms with van der Waals surface area (Å²) in [6.07, 6.45) is 1.18. The van der Waals surface area contributed by atoms with Crippen LogP contribution < -0.4 is 0 Å². The van der Waals surface area contributed by atoms with Crippen LogP contribution in [-0.4, -0.2) is 18.9 Å². The zero-order valence-corrected chi connectivity index (χ0v) is 5.22. The van der Waals surface area contributed by atoms with Gasteiger partial charge in [0.05, 0.1) is 6.61 Å². The molecule has 0 aromatic rings. The second-order valence-corrected chi connectivity index (χ2v) is 2.42. The minimum atomic E-state index is -0.847. The number of hydrogen-bond donors (Lipinski definition) is 0. The van der Waals surface area contributed by atoms with Gasteiger partial charge in [-0.15, -0.1) is 0 Å². The van der Waals surface area contributed by atoms with E-state index in [-0.39, 0.29) is 0 Å². The van der Waals surface area contributed by atoms with Gasteiger partial charge in [-0.25, -0.2) is 0 Å². The van der Waals surface area contributed by atoms with Crippen LogP contribution in [0.2, 0.25) is 0 Å². The lowest BCUT2D eigenvalue weighted by Gasteiger charge is -2.06. The van der Waals surface area contributed by atoms with Gasteiger partial charge in [0.15, 0.2) is 0 Å². The maximum Gasteiger partial charge on any atom is 0.319 e. The van der Waals surface area contributed by atoms with E-state index in [2.05, 4.69) is 4.74 Å². The van der Waals surface area contributed by atoms with E-state index < -0.39 is 11.4 Å². The summed E-state index contributed by atoms with van der Waals surface area (Å²) in [5.74, 6) is -0.391. The molecule has 0 aromatic heterocycles. The fourth-order valence-electron chi connectivity index (χ4n) is 0.730. The lowest BCUT2D eigenvalue weighted by Crippen LogP contribution is -2.23. The molecule has 1 unspecified atom stereocenters. The lowest BCUT2D eigenvalue weighted by molar-refractivity contribution is -0.147. The Balaban J connectivity index is 2.78. The normalized spacial score (nSPS) is 34.1. The van der Waals surface area contributed by atoms with Gasteiger partial charge in [-0.1, -0.05) is 0 Å². The van der Waals surface area contributed by atoms with Crippen LogP contribution in [0.1, 0.15) is 13.3 Å². The van der Waals surface area contributed by atoms with Crippen LogP contribution in [0.3, 0.4) is 0 Å². The molecule has 1 rings (SSSR count). The Hall–Kier alpha value is -0.860. The SMILES string of the molecule is CC1(C=O)CCOC1=O. The van der Waals surface area contributed by atoms with Gasteiger partial charge in [0.1, 0.15) is 11.7 Å². The second-order valence-electron chi connectivity index (χ2n) is 2.42. The average molecular weight is 128 g/mol. The Bertz CT molecular complexity index is 152. The first kappa shape index (κ1) is 6.26. The summed E-state index contributed by atoms with van der Waals surface area (Å²) in [5, 5.41) is 0. The third kappa shape index (κ3) is 0.823. The molecule has 0 aromatic carbocycles. The number of aldehydes is 1. The van der Waals surface area contributed by atoms with Crippen molar-refractivity contribution in [3.8, 4) is 0 Å². The van der Waals surface area contributed by atoms with Gasteiger partial charge >= 0.3 is 5.97 Å². The van der Waals surface area contributed by atoms with Crippen LogP contribution in [0.15, 0.2) is 0 Å². The summed E-state index contributed by atoms with van der Waals surface area (Å²) in [6, 6.07) is 0. The molecule has 0 radical (unpaired) electrons. The molecule has 50 valence electrons. The Morgan fingerprint density at radius 2 is 2.44 bits per heavy atom. The fourth-order valence-corrected chi connectivity index (χ4v) is 0.730. The monoisotopic (exact) mass is 128 g/mol. The zero-order chi connectivity index (χ0) is 6.91. The van der Waals surface area contributed by atoms with Gasteiger partial charge in [-0.3, -0.25) is 4.79 Å². The molecule has 9 heavy (non-hydrogen) atoms. The zero-order valence-electron chi connectivity index (χ0n) is 5.22. The summed E-state index contributed by atoms with van der Waals surface area (Å²) in [6.45, 7) is 1.98. The molecule has 0 amide bonds. The summed E-state index contributed by atoms with van der Waals surface area (Å²) in [5.41, 5.74) is -0.847. The Morgan fingerprint density at radius 1 is 1.78 bits per heavy atom. The van der Waals surface area contributed by atoms with Gasteiger partial charge in [0, 0.05) is 6.42 Å². The van der Waals surface area contributed by atoms with Crippen LogP contribution >= 0.6 is 0 Å². The summed E-state index contributed by atoms with van der Waals surface area (Å²) in [7, 11) is 0. The first-order valence-electron chi connectivity index (χ1n) is 2.82. The van der Waals surface area contributed by atoms with Gasteiger partial charge < -0.3 is 9.53 Å². The minimum Gasteiger partial charge on any atom is -0.465 e. The van der Waals surface area contributed by atoms with E-state index in [0.29, 0.717) is 19.3 Å². The largest absolute Gasteiger partial charge is 0.465 e. The predicted molar refractivity (Wildman–Crippen MR) is 29.7 cm³/mol. The molecule has 0 aliphatic carbocycles. The maximum absolute atomic E-state index is 10.7. The van der Waals surface area contributed by atoms with Crippen molar-refractivity contribution in [2.45, 2.75) is 13.3 Å². The van der Waals surface area contributed by atoms with Crippen molar-refractivity contribution in [2.24, 2.45) is 5.41 Å². The van der Waals surface area contributed by atoms with E-state index >= 15 is 0 Å². The lowest BCUT2D eigenvalue weighted by atomic mass is 9.92. The Morgan fingerprint density at radius 3 is 2.67 bits per heavy atom. The highest BCUT2D eigenvalue weighted by Crippen LogP contribution is 2.25. The molecule has 1 saturated heterocycles. The highest BCUT2D eigenvalue weighted by atomic mass is 16.5. The van der Waals surface area contributed by atoms with Crippen LogP contribution in [0, 0.1) is 5.41 Å². The number of esters is 1. The summed E-state index contributed by atoms with van der Waals surface area (Å²) < 4.78 is 4.59. The molecular formula is C6H8O3. The van der Waals surface area contributed by atoms with Gasteiger partial charge in [-0.05, 0) is 6.92 Å². The standard InChI is InChI=1S/C6H8O3/c1-6(4-7)2-3-9-5(6)8/h4H,2-3H2,1H3. The molecule has 0 bridgehead atoms. The smallest absolute Gasteiger partial charge is 0.319 e. The topological polar surface area (TPSA) is 43.4 Å². The van der Waals surface area contributed by atoms with Crippen LogP contribution in [-0.2, 0) is 14.3 Å². The molecule has 1 heterocycles. The number of ether oxygens (including phenoxy) is 1. The van der Waals surface area contributed by atoms with E-state index in [1.54, 1.807) is 6.92 Å². The van der Waals surface area contributed by atoms with Crippen molar-refractivity contribution in [1.82, 2.24) is 0 Å². The third-order valence-corrected chi connectivity index (χ3v) is 1.58. The number of carbonyl (C=O) groups excluding carboxylic acids is 2. The molecule has 1 fully saturated rings. The molecule has 1 aliphatic heterocycles. The van der Waals surface area contributed by atoms with Gasteiger partial charge in [0.25, 0.3) is 0 Å². The molecular weight excluding hydrogens is 120 g/mol. The Labute approximate surface area is 53.0 Å². The first-order valence-corrected chi connectivity index (χ1v) is 2.82. The molecule has 0 N–H and O–H groups in total. The van der Waals surface area contributed by atoms with Crippen LogP contribution in [0.4, 0.5) is 0 Å². The minimum absolute atomic E-state index is 0.383. The summed E-state index contributed by atoms with van der Waals surface area (Å²) >= 11 is 0. The predicted octanol–water partition coefficient (Wildman–Crippen LogP) is 0.139. The average Bonchev–Trinajstić information content (AvgIpc) is 2.15. The second kappa shape index (κ2) is 1.83. The molecule has 3 nitrogen and oxygen atoms in total. The molecule has 1 atom stereocenters. The Kier molecular flexibility index (Phi) is 1.27. The number of cyclic esters (lactones) is 1. The molecule has 0 spiro atoms. The van der Waals surface area contributed by atoms with E-state index in [9.17, 15) is 9.59 Å². The molecule has 1 aliphatic rings. The third-order valence-electron chi connectivity index (χ3n) is 1.58. The quantitative estimate of drug-likeness (QED) is 0.286. The van der Waals surface area contributed by atoms with E-state index in [4.69, 9.17) is 0 Å². The van der Waals surface area contributed by atoms with Crippen molar-refractivity contribution in [1.29, 1.82) is 0 Å². The highest BCUT2D eigenvalue weighted by molar-refractivity contribution is 5.93.